The Bertz CT molecular complexity index is 1020. The number of allylic oxidation sites excluding steroid dienone is 1. The number of hydroxylamine groups is 1. The number of carbonyl (C=O) groups is 2. The maximum absolute atomic E-state index is 14.0. The number of ether oxygens (including phenoxy) is 2. The van der Waals surface area contributed by atoms with Crippen LogP contribution in [0.3, 0.4) is 0 Å². The zero-order valence-corrected chi connectivity index (χ0v) is 17.8. The van der Waals surface area contributed by atoms with Gasteiger partial charge in [0.05, 0.1) is 17.7 Å². The number of nitriles is 1. The quantitative estimate of drug-likeness (QED) is 0.241. The van der Waals surface area contributed by atoms with Crippen LogP contribution < -0.4 is 10.8 Å². The molecule has 0 heterocycles. The normalized spacial score (nSPS) is 12.5. The molecule has 33 heavy (non-hydrogen) atoms. The van der Waals surface area contributed by atoms with Crippen LogP contribution in [0.1, 0.15) is 37.0 Å². The molecule has 0 fully saturated rings. The van der Waals surface area contributed by atoms with Gasteiger partial charge in [0.25, 0.3) is 5.91 Å². The Hall–Kier alpha value is -3.94. The molecule has 2 atom stereocenters. The minimum absolute atomic E-state index is 0.260. The Morgan fingerprint density at radius 3 is 2.58 bits per heavy atom. The van der Waals surface area contributed by atoms with E-state index in [1.807, 2.05) is 6.07 Å². The molecule has 0 bridgehead atoms. The minimum atomic E-state index is -1.04. The average Bonchev–Trinajstić information content (AvgIpc) is 2.81. The number of rotatable bonds is 10. The summed E-state index contributed by atoms with van der Waals surface area (Å²) in [5.41, 5.74) is 2.55. The lowest BCUT2D eigenvalue weighted by Crippen LogP contribution is -2.29. The first-order valence-electron chi connectivity index (χ1n) is 10.1. The molecule has 0 aromatic heterocycles. The fourth-order valence-corrected chi connectivity index (χ4v) is 2.97. The number of halogens is 1. The molecule has 2 aromatic carbocycles. The zero-order chi connectivity index (χ0) is 24.2. The summed E-state index contributed by atoms with van der Waals surface area (Å²) in [6.45, 7) is 2.01. The monoisotopic (exact) mass is 457 g/mol. The second kappa shape index (κ2) is 12.8. The maximum Gasteiger partial charge on any atom is 0.412 e. The van der Waals surface area contributed by atoms with Crippen molar-refractivity contribution in [3.63, 3.8) is 0 Å². The number of benzene rings is 2. The van der Waals surface area contributed by atoms with Crippen LogP contribution in [0.25, 0.3) is 0 Å². The number of hydrogen-bond donors (Lipinski definition) is 4. The topological polar surface area (TPSA) is 141 Å². The summed E-state index contributed by atoms with van der Waals surface area (Å²) < 4.78 is 25.3. The van der Waals surface area contributed by atoms with Crippen LogP contribution in [0.5, 0.6) is 5.75 Å². The number of phenols is 1. The number of anilines is 1. The Labute approximate surface area is 190 Å². The van der Waals surface area contributed by atoms with Gasteiger partial charge in [-0.25, -0.2) is 14.7 Å². The van der Waals surface area contributed by atoms with Gasteiger partial charge in [-0.05, 0) is 61.7 Å². The van der Waals surface area contributed by atoms with Crippen LogP contribution >= 0.6 is 0 Å². The van der Waals surface area contributed by atoms with Crippen molar-refractivity contribution >= 4 is 17.7 Å². The van der Waals surface area contributed by atoms with Gasteiger partial charge in [0, 0.05) is 18.4 Å². The van der Waals surface area contributed by atoms with Crippen LogP contribution in [0, 0.1) is 17.1 Å². The highest BCUT2D eigenvalue weighted by Crippen LogP contribution is 2.30. The highest BCUT2D eigenvalue weighted by molar-refractivity contribution is 5.86. The molecule has 10 heteroatoms. The maximum atomic E-state index is 14.0. The number of nitrogens with one attached hydrogen (secondary N) is 2. The number of phenolic OH excluding ortho intramolecular Hbond substituents is 1. The van der Waals surface area contributed by atoms with Gasteiger partial charge in [-0.2, -0.15) is 5.26 Å². The van der Waals surface area contributed by atoms with E-state index in [2.05, 4.69) is 5.32 Å². The molecular formula is C23H24FN3O6. The van der Waals surface area contributed by atoms with E-state index in [4.69, 9.17) is 19.9 Å². The predicted molar refractivity (Wildman–Crippen MR) is 116 cm³/mol. The van der Waals surface area contributed by atoms with Gasteiger partial charge in [-0.3, -0.25) is 15.3 Å². The van der Waals surface area contributed by atoms with Gasteiger partial charge in [-0.15, -0.1) is 0 Å². The predicted octanol–water partition coefficient (Wildman–Crippen LogP) is 3.94. The molecule has 0 saturated carbocycles. The number of nitrogens with zero attached hydrogens (tertiary/aromatic N) is 1. The van der Waals surface area contributed by atoms with E-state index in [1.54, 1.807) is 6.92 Å². The van der Waals surface area contributed by atoms with E-state index in [-0.39, 0.29) is 12.2 Å². The molecule has 2 amide bonds. The van der Waals surface area contributed by atoms with Gasteiger partial charge in [-0.1, -0.05) is 12.1 Å². The number of aromatic hydroxyl groups is 1. The first-order valence-corrected chi connectivity index (χ1v) is 10.1. The number of amides is 2. The Kier molecular flexibility index (Phi) is 9.82. The first kappa shape index (κ1) is 25.3. The van der Waals surface area contributed by atoms with Crippen molar-refractivity contribution in [1.82, 2.24) is 5.48 Å². The molecular weight excluding hydrogens is 433 g/mol. The molecule has 0 saturated heterocycles. The molecule has 2 rings (SSSR count). The molecule has 0 aliphatic rings. The minimum Gasteiger partial charge on any atom is -0.505 e. The molecule has 9 nitrogen and oxygen atoms in total. The second-order valence-electron chi connectivity index (χ2n) is 6.80. The third-order valence-corrected chi connectivity index (χ3v) is 4.51. The first-order chi connectivity index (χ1) is 15.9. The largest absolute Gasteiger partial charge is 0.505 e. The summed E-state index contributed by atoms with van der Waals surface area (Å²) in [6.07, 6.45) is 0.666. The second-order valence-corrected chi connectivity index (χ2v) is 6.80. The third-order valence-electron chi connectivity index (χ3n) is 4.51. The van der Waals surface area contributed by atoms with Gasteiger partial charge < -0.3 is 14.6 Å². The Morgan fingerprint density at radius 2 is 1.97 bits per heavy atom. The summed E-state index contributed by atoms with van der Waals surface area (Å²) in [4.78, 5) is 23.7. The molecule has 0 aliphatic carbocycles. The van der Waals surface area contributed by atoms with Crippen LogP contribution in [0.2, 0.25) is 0 Å². The lowest BCUT2D eigenvalue weighted by atomic mass is 9.99. The highest BCUT2D eigenvalue weighted by atomic mass is 19.1. The van der Waals surface area contributed by atoms with E-state index in [9.17, 15) is 19.1 Å². The fraction of sp³-hybridized carbons (Fsp3) is 0.261. The Morgan fingerprint density at radius 1 is 1.24 bits per heavy atom. The molecule has 0 spiro atoms. The molecule has 174 valence electrons. The van der Waals surface area contributed by atoms with Gasteiger partial charge in [0.2, 0.25) is 0 Å². The van der Waals surface area contributed by atoms with Crippen LogP contribution in [-0.2, 0) is 14.3 Å². The standard InChI is InChI=1S/C23H24FN3O6/c1-2-32-20(5-3-4-6-21(29)27-31)22(16-9-12-19(28)18(24)13-16)33-23(30)26-17-10-7-15(14-25)8-11-17/h4,6-13,20,22,28,31H,2-3,5H2,1H3,(H,26,30)(H,27,29)/b6-4+/t20-,22-/m1/s1. The molecule has 4 N–H and O–H groups in total. The fourth-order valence-electron chi connectivity index (χ4n) is 2.97. The van der Waals surface area contributed by atoms with E-state index >= 15 is 0 Å². The van der Waals surface area contributed by atoms with Gasteiger partial charge >= 0.3 is 6.09 Å². The lowest BCUT2D eigenvalue weighted by Gasteiger charge is -2.27. The van der Waals surface area contributed by atoms with Crippen molar-refractivity contribution in [2.75, 3.05) is 11.9 Å². The lowest BCUT2D eigenvalue weighted by molar-refractivity contribution is -0.124. The van der Waals surface area contributed by atoms with Crippen molar-refractivity contribution in [1.29, 1.82) is 5.26 Å². The van der Waals surface area contributed by atoms with E-state index in [0.717, 1.165) is 18.2 Å². The van der Waals surface area contributed by atoms with Crippen LogP contribution in [0.15, 0.2) is 54.6 Å². The summed E-state index contributed by atoms with van der Waals surface area (Å²) in [7, 11) is 0. The van der Waals surface area contributed by atoms with Crippen molar-refractivity contribution in [3.05, 3.63) is 71.6 Å². The summed E-state index contributed by atoms with van der Waals surface area (Å²) in [5.74, 6) is -2.13. The van der Waals surface area contributed by atoms with E-state index in [0.29, 0.717) is 24.1 Å². The van der Waals surface area contributed by atoms with Crippen molar-refractivity contribution in [3.8, 4) is 11.8 Å². The van der Waals surface area contributed by atoms with E-state index < -0.39 is 35.8 Å². The molecule has 0 radical (unpaired) electrons. The average molecular weight is 457 g/mol. The van der Waals surface area contributed by atoms with Gasteiger partial charge in [0.15, 0.2) is 17.7 Å². The Balaban J connectivity index is 2.23. The summed E-state index contributed by atoms with van der Waals surface area (Å²) in [5, 5.41) is 29.5. The molecule has 0 aliphatic heterocycles. The zero-order valence-electron chi connectivity index (χ0n) is 17.8. The molecule has 2 aromatic rings. The number of carbonyl (C=O) groups excluding carboxylic acids is 2. The van der Waals surface area contributed by atoms with Gasteiger partial charge in [0.1, 0.15) is 0 Å². The van der Waals surface area contributed by atoms with Crippen LogP contribution in [-0.4, -0.2) is 35.0 Å². The van der Waals surface area contributed by atoms with Crippen molar-refractivity contribution in [2.45, 2.75) is 32.0 Å². The smallest absolute Gasteiger partial charge is 0.412 e. The van der Waals surface area contributed by atoms with E-state index in [1.165, 1.54) is 41.9 Å². The summed E-state index contributed by atoms with van der Waals surface area (Å²) >= 11 is 0. The number of hydrogen-bond acceptors (Lipinski definition) is 7. The van der Waals surface area contributed by atoms with Crippen molar-refractivity contribution < 1.29 is 33.8 Å². The van der Waals surface area contributed by atoms with Crippen molar-refractivity contribution in [2.24, 2.45) is 0 Å². The SMILES string of the molecule is CCO[C@H](CC/C=C/C(=O)NO)[C@H](OC(=O)Nc1ccc(C#N)cc1)c1ccc(O)c(F)c1. The third kappa shape index (κ3) is 7.92. The van der Waals surface area contributed by atoms with Crippen LogP contribution in [0.4, 0.5) is 14.9 Å². The molecule has 0 unspecified atom stereocenters. The highest BCUT2D eigenvalue weighted by Gasteiger charge is 2.28. The summed E-state index contributed by atoms with van der Waals surface area (Å²) in [6, 6.07) is 11.7.